The van der Waals surface area contributed by atoms with Crippen LogP contribution in [0.25, 0.3) is 55.4 Å². The number of rotatable bonds is 5. The van der Waals surface area contributed by atoms with Gasteiger partial charge in [0, 0.05) is 0 Å². The second-order valence-electron chi connectivity index (χ2n) is 9.12. The molecule has 0 saturated carbocycles. The predicted octanol–water partition coefficient (Wildman–Crippen LogP) is 6.75. The third-order valence-corrected chi connectivity index (χ3v) is 6.70. The molecule has 0 fully saturated rings. The molecule has 40 heavy (non-hydrogen) atoms. The molecule has 0 aliphatic rings. The van der Waals surface area contributed by atoms with E-state index in [2.05, 4.69) is 40.3 Å². The van der Waals surface area contributed by atoms with Crippen molar-refractivity contribution in [2.45, 2.75) is 0 Å². The van der Waals surface area contributed by atoms with Gasteiger partial charge in [-0.05, 0) is 75.1 Å². The van der Waals surface area contributed by atoms with Crippen LogP contribution in [-0.2, 0) is 9.47 Å². The first-order chi connectivity index (χ1) is 19.6. The quantitative estimate of drug-likeness (QED) is 0.182. The third kappa shape index (κ3) is 4.54. The zero-order chi connectivity index (χ0) is 27.6. The van der Waals surface area contributed by atoms with Crippen LogP contribution in [0.4, 0.5) is 0 Å². The summed E-state index contributed by atoms with van der Waals surface area (Å²) in [5.74, 6) is -1.07. The van der Waals surface area contributed by atoms with Crippen LogP contribution in [0.2, 0.25) is 0 Å². The fourth-order valence-electron chi connectivity index (χ4n) is 4.85. The van der Waals surface area contributed by atoms with Gasteiger partial charge in [0.05, 0.1) is 37.0 Å². The number of fused-ring (bicyclic) bond motifs is 2. The van der Waals surface area contributed by atoms with E-state index in [0.29, 0.717) is 22.8 Å². The fourth-order valence-corrected chi connectivity index (χ4v) is 4.85. The van der Waals surface area contributed by atoms with E-state index in [0.717, 1.165) is 32.7 Å². The van der Waals surface area contributed by atoms with Crippen molar-refractivity contribution in [2.75, 3.05) is 14.2 Å². The Morgan fingerprint density at radius 2 is 1.00 bits per heavy atom. The maximum Gasteiger partial charge on any atom is 0.356 e. The molecule has 0 aliphatic heterocycles. The Morgan fingerprint density at radius 3 is 1.48 bits per heavy atom. The highest BCUT2D eigenvalue weighted by molar-refractivity contribution is 6.13. The summed E-state index contributed by atoms with van der Waals surface area (Å²) in [7, 11) is 2.64. The Bertz CT molecular complexity index is 1800. The van der Waals surface area contributed by atoms with E-state index in [1.807, 2.05) is 36.4 Å². The zero-order valence-corrected chi connectivity index (χ0v) is 21.8. The molecule has 0 aliphatic carbocycles. The minimum absolute atomic E-state index is 0.176. The van der Waals surface area contributed by atoms with Crippen LogP contribution in [-0.4, -0.2) is 41.1 Å². The molecule has 0 atom stereocenters. The molecule has 194 valence electrons. The highest BCUT2D eigenvalue weighted by atomic mass is 16.5. The van der Waals surface area contributed by atoms with Crippen LogP contribution >= 0.6 is 0 Å². The molecule has 0 spiro atoms. The monoisotopic (exact) mass is 525 g/mol. The molecule has 3 heterocycles. The number of hydrogen-bond acceptors (Lipinski definition) is 7. The van der Waals surface area contributed by atoms with Gasteiger partial charge < -0.3 is 9.47 Å². The maximum absolute atomic E-state index is 12.2. The Balaban J connectivity index is 1.66. The molecule has 0 radical (unpaired) electrons. The maximum atomic E-state index is 12.2. The summed E-state index contributed by atoms with van der Waals surface area (Å²) in [6, 6.07) is 32.8. The number of hydrogen-bond donors (Lipinski definition) is 0. The summed E-state index contributed by atoms with van der Waals surface area (Å²) >= 11 is 0. The summed E-state index contributed by atoms with van der Waals surface area (Å²) < 4.78 is 9.76. The molecule has 6 aromatic rings. The molecule has 0 amide bonds. The first kappa shape index (κ1) is 24.9. The lowest BCUT2D eigenvalue weighted by molar-refractivity contribution is 0.0585. The van der Waals surface area contributed by atoms with E-state index in [9.17, 15) is 9.59 Å². The van der Waals surface area contributed by atoms with E-state index in [-0.39, 0.29) is 11.4 Å². The molecule has 7 nitrogen and oxygen atoms in total. The highest BCUT2D eigenvalue weighted by Crippen LogP contribution is 2.38. The van der Waals surface area contributed by atoms with Gasteiger partial charge in [-0.3, -0.25) is 0 Å². The molecular weight excluding hydrogens is 502 g/mol. The van der Waals surface area contributed by atoms with Crippen LogP contribution in [0.3, 0.4) is 0 Å². The van der Waals surface area contributed by atoms with Crippen LogP contribution in [0.15, 0.2) is 103 Å². The van der Waals surface area contributed by atoms with E-state index in [4.69, 9.17) is 14.5 Å². The van der Waals surface area contributed by atoms with E-state index in [1.165, 1.54) is 14.2 Å². The van der Waals surface area contributed by atoms with E-state index >= 15 is 0 Å². The molecular formula is C33H23N3O4. The van der Waals surface area contributed by atoms with Crippen molar-refractivity contribution in [1.29, 1.82) is 0 Å². The van der Waals surface area contributed by atoms with Crippen LogP contribution in [0.1, 0.15) is 21.0 Å². The Morgan fingerprint density at radius 1 is 0.525 bits per heavy atom. The van der Waals surface area contributed by atoms with E-state index in [1.54, 1.807) is 36.4 Å². The van der Waals surface area contributed by atoms with Crippen LogP contribution in [0.5, 0.6) is 0 Å². The smallest absolute Gasteiger partial charge is 0.356 e. The summed E-state index contributed by atoms with van der Waals surface area (Å²) in [5, 5.41) is 4.37. The summed E-state index contributed by atoms with van der Waals surface area (Å²) in [6.45, 7) is 0. The predicted molar refractivity (Wildman–Crippen MR) is 154 cm³/mol. The largest absolute Gasteiger partial charge is 0.464 e. The number of carbonyl (C=O) groups excluding carboxylic acids is 2. The minimum Gasteiger partial charge on any atom is -0.464 e. The fraction of sp³-hybridized carbons (Fsp3) is 0.0606. The number of aromatic nitrogens is 3. The van der Waals surface area contributed by atoms with Crippen molar-refractivity contribution >= 4 is 33.5 Å². The number of ether oxygens (including phenoxy) is 2. The first-order valence-electron chi connectivity index (χ1n) is 12.6. The molecule has 6 rings (SSSR count). The zero-order valence-electron chi connectivity index (χ0n) is 21.8. The average molecular weight is 526 g/mol. The number of benzene rings is 3. The van der Waals surface area contributed by atoms with Gasteiger partial charge in [0.25, 0.3) is 0 Å². The lowest BCUT2D eigenvalue weighted by atomic mass is 9.91. The lowest BCUT2D eigenvalue weighted by Gasteiger charge is -2.15. The van der Waals surface area contributed by atoms with Crippen molar-refractivity contribution in [3.8, 4) is 33.9 Å². The summed E-state index contributed by atoms with van der Waals surface area (Å²) in [4.78, 5) is 38.4. The van der Waals surface area contributed by atoms with Crippen molar-refractivity contribution in [3.63, 3.8) is 0 Å². The number of nitrogens with zero attached hydrogens (tertiary/aromatic N) is 3. The number of carbonyl (C=O) groups is 2. The standard InChI is InChI=1S/C33H23N3O4/c1-39-32(37)27-15-7-13-25(34-27)29-18-22(19-30(36-29)26-14-8-16-28(35-26)33(38)40-2)31-23-11-5-3-9-20(23)17-21-10-4-6-12-24(21)31/h3-19H,1-2H3. The molecule has 0 unspecified atom stereocenters. The SMILES string of the molecule is COC(=O)c1cccc(-c2cc(-c3c4ccccc4cc4ccccc34)cc(-c3cccc(C(=O)OC)n3)n2)n1. The Kier molecular flexibility index (Phi) is 6.46. The Hall–Kier alpha value is -5.43. The highest BCUT2D eigenvalue weighted by Gasteiger charge is 2.17. The van der Waals surface area contributed by atoms with Gasteiger partial charge in [-0.2, -0.15) is 0 Å². The van der Waals surface area contributed by atoms with Gasteiger partial charge in [-0.25, -0.2) is 24.5 Å². The van der Waals surface area contributed by atoms with Crippen molar-refractivity contribution < 1.29 is 19.1 Å². The normalized spacial score (nSPS) is 10.9. The molecule has 7 heteroatoms. The van der Waals surface area contributed by atoms with Crippen molar-refractivity contribution in [3.05, 3.63) is 115 Å². The van der Waals surface area contributed by atoms with E-state index < -0.39 is 11.9 Å². The molecule has 3 aromatic carbocycles. The van der Waals surface area contributed by atoms with Crippen molar-refractivity contribution in [2.24, 2.45) is 0 Å². The molecule has 0 bridgehead atoms. The second kappa shape index (κ2) is 10.4. The number of pyridine rings is 3. The number of methoxy groups -OCH3 is 2. The minimum atomic E-state index is -0.536. The lowest BCUT2D eigenvalue weighted by Crippen LogP contribution is -2.06. The van der Waals surface area contributed by atoms with Gasteiger partial charge >= 0.3 is 11.9 Å². The molecule has 0 saturated heterocycles. The van der Waals surface area contributed by atoms with Gasteiger partial charge in [-0.1, -0.05) is 60.7 Å². The number of esters is 2. The third-order valence-electron chi connectivity index (χ3n) is 6.70. The van der Waals surface area contributed by atoms with Gasteiger partial charge in [-0.15, -0.1) is 0 Å². The topological polar surface area (TPSA) is 91.3 Å². The second-order valence-corrected chi connectivity index (χ2v) is 9.12. The van der Waals surface area contributed by atoms with Gasteiger partial charge in [0.15, 0.2) is 0 Å². The molecule has 3 aromatic heterocycles. The van der Waals surface area contributed by atoms with Gasteiger partial charge in [0.1, 0.15) is 11.4 Å². The molecule has 0 N–H and O–H groups in total. The Labute approximate surface area is 230 Å². The van der Waals surface area contributed by atoms with Crippen LogP contribution < -0.4 is 0 Å². The van der Waals surface area contributed by atoms with Crippen molar-refractivity contribution in [1.82, 2.24) is 15.0 Å². The van der Waals surface area contributed by atoms with Crippen LogP contribution in [0, 0.1) is 0 Å². The first-order valence-corrected chi connectivity index (χ1v) is 12.6. The summed E-state index contributed by atoms with van der Waals surface area (Å²) in [6.07, 6.45) is 0. The average Bonchev–Trinajstić information content (AvgIpc) is 3.02. The van der Waals surface area contributed by atoms with Gasteiger partial charge in [0.2, 0.25) is 0 Å². The summed E-state index contributed by atoms with van der Waals surface area (Å²) in [5.41, 5.74) is 4.36.